The molecule has 4 nitrogen and oxygen atoms in total. The van der Waals surface area contributed by atoms with E-state index < -0.39 is 0 Å². The topological polar surface area (TPSA) is 67.6 Å². The third-order valence-corrected chi connectivity index (χ3v) is 2.39. The fraction of sp³-hybridized carbons (Fsp3) is 0.167. The molecule has 0 unspecified atom stereocenters. The lowest BCUT2D eigenvalue weighted by molar-refractivity contribution is 0.839. The molecule has 2 N–H and O–H groups in total. The lowest BCUT2D eigenvalue weighted by atomic mass is 10.2. The van der Waals surface area contributed by atoms with Crippen molar-refractivity contribution in [2.24, 2.45) is 0 Å². The summed E-state index contributed by atoms with van der Waals surface area (Å²) in [4.78, 5) is 0. The van der Waals surface area contributed by atoms with Gasteiger partial charge in [-0.25, -0.2) is 4.68 Å². The van der Waals surface area contributed by atoms with E-state index >= 15 is 0 Å². The number of hydrogen-bond donors (Lipinski definition) is 1. The fourth-order valence-electron chi connectivity index (χ4n) is 1.53. The van der Waals surface area contributed by atoms with Crippen molar-refractivity contribution >= 4 is 5.69 Å². The number of aryl methyl sites for hydroxylation is 1. The Balaban J connectivity index is 2.51. The van der Waals surface area contributed by atoms with Gasteiger partial charge in [0.15, 0.2) is 0 Å². The van der Waals surface area contributed by atoms with Crippen molar-refractivity contribution < 1.29 is 0 Å². The van der Waals surface area contributed by atoms with E-state index in [1.807, 2.05) is 19.2 Å². The Morgan fingerprint density at radius 1 is 1.44 bits per heavy atom. The molecule has 0 bridgehead atoms. The molecule has 16 heavy (non-hydrogen) atoms. The lowest BCUT2D eigenvalue weighted by Crippen LogP contribution is -2.00. The van der Waals surface area contributed by atoms with Crippen molar-refractivity contribution in [3.63, 3.8) is 0 Å². The van der Waals surface area contributed by atoms with Crippen LogP contribution in [0.1, 0.15) is 18.2 Å². The monoisotopic (exact) mass is 212 g/mol. The van der Waals surface area contributed by atoms with E-state index in [-0.39, 0.29) is 0 Å². The van der Waals surface area contributed by atoms with Crippen molar-refractivity contribution in [2.75, 3.05) is 5.73 Å². The maximum atomic E-state index is 9.02. The highest BCUT2D eigenvalue weighted by molar-refractivity contribution is 5.56. The van der Waals surface area contributed by atoms with Crippen LogP contribution in [0.15, 0.2) is 30.5 Å². The Hall–Kier alpha value is -2.28. The van der Waals surface area contributed by atoms with Crippen LogP contribution in [-0.4, -0.2) is 9.78 Å². The molecule has 0 radical (unpaired) electrons. The second-order valence-electron chi connectivity index (χ2n) is 3.49. The molecule has 0 fully saturated rings. The maximum Gasteiger partial charge on any atom is 0.101 e. The zero-order valence-corrected chi connectivity index (χ0v) is 9.01. The Kier molecular flexibility index (Phi) is 2.61. The molecule has 1 aromatic carbocycles. The highest BCUT2D eigenvalue weighted by Gasteiger charge is 2.06. The molecular weight excluding hydrogens is 200 g/mol. The minimum absolute atomic E-state index is 0.533. The SMILES string of the molecule is CCc1ccn(-c2ccc(N)cc2C#N)n1. The van der Waals surface area contributed by atoms with E-state index in [1.165, 1.54) is 0 Å². The van der Waals surface area contributed by atoms with E-state index in [0.29, 0.717) is 11.3 Å². The molecule has 0 aliphatic carbocycles. The summed E-state index contributed by atoms with van der Waals surface area (Å²) in [6, 6.07) is 9.29. The Morgan fingerprint density at radius 3 is 2.88 bits per heavy atom. The van der Waals surface area contributed by atoms with Gasteiger partial charge in [0.05, 0.1) is 16.9 Å². The molecule has 2 rings (SSSR count). The zero-order valence-electron chi connectivity index (χ0n) is 9.01. The van der Waals surface area contributed by atoms with Crippen LogP contribution in [0.3, 0.4) is 0 Å². The van der Waals surface area contributed by atoms with E-state index in [2.05, 4.69) is 11.2 Å². The van der Waals surface area contributed by atoms with Gasteiger partial charge in [0.2, 0.25) is 0 Å². The molecule has 0 saturated carbocycles. The summed E-state index contributed by atoms with van der Waals surface area (Å²) < 4.78 is 1.71. The van der Waals surface area contributed by atoms with Gasteiger partial charge in [-0.3, -0.25) is 0 Å². The Morgan fingerprint density at radius 2 is 2.25 bits per heavy atom. The average molecular weight is 212 g/mol. The number of aromatic nitrogens is 2. The first-order valence-electron chi connectivity index (χ1n) is 5.09. The van der Waals surface area contributed by atoms with Crippen LogP contribution < -0.4 is 5.73 Å². The number of nitriles is 1. The second kappa shape index (κ2) is 4.07. The zero-order chi connectivity index (χ0) is 11.5. The van der Waals surface area contributed by atoms with E-state index in [0.717, 1.165) is 17.8 Å². The smallest absolute Gasteiger partial charge is 0.101 e. The molecular formula is C12H12N4. The summed E-state index contributed by atoms with van der Waals surface area (Å²) in [6.07, 6.45) is 2.73. The van der Waals surface area contributed by atoms with Gasteiger partial charge in [-0.2, -0.15) is 10.4 Å². The van der Waals surface area contributed by atoms with Crippen LogP contribution in [0.25, 0.3) is 5.69 Å². The fourth-order valence-corrected chi connectivity index (χ4v) is 1.53. The van der Waals surface area contributed by atoms with Gasteiger partial charge >= 0.3 is 0 Å². The lowest BCUT2D eigenvalue weighted by Gasteiger charge is -2.04. The van der Waals surface area contributed by atoms with E-state index in [4.69, 9.17) is 11.0 Å². The highest BCUT2D eigenvalue weighted by atomic mass is 15.3. The molecule has 1 heterocycles. The third kappa shape index (κ3) is 1.75. The van der Waals surface area contributed by atoms with Crippen LogP contribution in [0.2, 0.25) is 0 Å². The predicted octanol–water partition coefficient (Wildman–Crippen LogP) is 1.89. The number of anilines is 1. The number of benzene rings is 1. The van der Waals surface area contributed by atoms with Crippen molar-refractivity contribution in [3.05, 3.63) is 41.7 Å². The van der Waals surface area contributed by atoms with Crippen LogP contribution in [0.4, 0.5) is 5.69 Å². The Labute approximate surface area is 93.9 Å². The number of rotatable bonds is 2. The third-order valence-electron chi connectivity index (χ3n) is 2.39. The van der Waals surface area contributed by atoms with Gasteiger partial charge < -0.3 is 5.73 Å². The second-order valence-corrected chi connectivity index (χ2v) is 3.49. The average Bonchev–Trinajstić information content (AvgIpc) is 2.77. The summed E-state index contributed by atoms with van der Waals surface area (Å²) in [5.74, 6) is 0. The Bertz CT molecular complexity index is 548. The molecule has 1 aromatic heterocycles. The minimum Gasteiger partial charge on any atom is -0.399 e. The van der Waals surface area contributed by atoms with Gasteiger partial charge in [-0.1, -0.05) is 6.92 Å². The van der Waals surface area contributed by atoms with Crippen molar-refractivity contribution in [1.29, 1.82) is 5.26 Å². The largest absolute Gasteiger partial charge is 0.399 e. The standard InChI is InChI=1S/C12H12N4/c1-2-11-5-6-16(15-11)12-4-3-10(14)7-9(12)8-13/h3-7H,2,14H2,1H3. The molecule has 0 aliphatic heterocycles. The molecule has 0 amide bonds. The minimum atomic E-state index is 0.533. The van der Waals surface area contributed by atoms with E-state index in [1.54, 1.807) is 22.9 Å². The van der Waals surface area contributed by atoms with Crippen LogP contribution in [-0.2, 0) is 6.42 Å². The molecule has 0 atom stereocenters. The van der Waals surface area contributed by atoms with Gasteiger partial charge in [0.25, 0.3) is 0 Å². The first kappa shape index (κ1) is 10.2. The molecule has 0 saturated heterocycles. The summed E-state index contributed by atoms with van der Waals surface area (Å²) in [6.45, 7) is 2.04. The van der Waals surface area contributed by atoms with E-state index in [9.17, 15) is 0 Å². The molecule has 0 spiro atoms. The molecule has 2 aromatic rings. The summed E-state index contributed by atoms with van der Waals surface area (Å²) in [7, 11) is 0. The summed E-state index contributed by atoms with van der Waals surface area (Å²) in [5.41, 5.74) is 8.51. The van der Waals surface area contributed by atoms with Crippen molar-refractivity contribution in [2.45, 2.75) is 13.3 Å². The van der Waals surface area contributed by atoms with Gasteiger partial charge in [-0.15, -0.1) is 0 Å². The van der Waals surface area contributed by atoms with Crippen LogP contribution in [0.5, 0.6) is 0 Å². The molecule has 80 valence electrons. The molecule has 4 heteroatoms. The maximum absolute atomic E-state index is 9.02. The van der Waals surface area contributed by atoms with Gasteiger partial charge in [0, 0.05) is 11.9 Å². The normalized spacial score (nSPS) is 10.0. The number of nitrogen functional groups attached to an aromatic ring is 1. The van der Waals surface area contributed by atoms with Gasteiger partial charge in [0.1, 0.15) is 6.07 Å². The number of nitrogens with two attached hydrogens (primary N) is 1. The van der Waals surface area contributed by atoms with Crippen molar-refractivity contribution in [3.8, 4) is 11.8 Å². The summed E-state index contributed by atoms with van der Waals surface area (Å²) in [5, 5.41) is 13.4. The molecule has 0 aliphatic rings. The first-order valence-corrected chi connectivity index (χ1v) is 5.09. The van der Waals surface area contributed by atoms with Gasteiger partial charge in [-0.05, 0) is 30.7 Å². The quantitative estimate of drug-likeness (QED) is 0.773. The number of hydrogen-bond acceptors (Lipinski definition) is 3. The first-order chi connectivity index (χ1) is 7.74. The highest BCUT2D eigenvalue weighted by Crippen LogP contribution is 2.16. The summed E-state index contributed by atoms with van der Waals surface area (Å²) >= 11 is 0. The predicted molar refractivity (Wildman–Crippen MR) is 62.1 cm³/mol. The number of nitrogens with zero attached hydrogens (tertiary/aromatic N) is 3. The van der Waals surface area contributed by atoms with Crippen molar-refractivity contribution in [1.82, 2.24) is 9.78 Å². The van der Waals surface area contributed by atoms with Crippen LogP contribution in [0, 0.1) is 11.3 Å². The van der Waals surface area contributed by atoms with Crippen LogP contribution >= 0.6 is 0 Å².